The fraction of sp³-hybridized carbons (Fsp3) is 0.111. The Kier molecular flexibility index (Phi) is 5.43. The first-order valence-corrected chi connectivity index (χ1v) is 12.4. The Labute approximate surface area is 213 Å². The second-order valence-electron chi connectivity index (χ2n) is 8.63. The highest BCUT2D eigenvalue weighted by atomic mass is 35.5. The van der Waals surface area contributed by atoms with Crippen LogP contribution in [-0.4, -0.2) is 9.49 Å². The molecule has 0 saturated heterocycles. The van der Waals surface area contributed by atoms with Gasteiger partial charge in [0.25, 0.3) is 11.2 Å². The summed E-state index contributed by atoms with van der Waals surface area (Å²) < 4.78 is 15.8. The van der Waals surface area contributed by atoms with E-state index in [0.29, 0.717) is 19.9 Å². The van der Waals surface area contributed by atoms with Gasteiger partial charge in [0, 0.05) is 28.3 Å². The van der Waals surface area contributed by atoms with E-state index in [0.717, 1.165) is 35.2 Å². The van der Waals surface area contributed by atoms with Crippen LogP contribution in [0.4, 0.5) is 10.1 Å². The highest BCUT2D eigenvalue weighted by molar-refractivity contribution is 7.07. The van der Waals surface area contributed by atoms with Crippen molar-refractivity contribution < 1.29 is 9.31 Å². The van der Waals surface area contributed by atoms with Crippen molar-refractivity contribution in [3.05, 3.63) is 135 Å². The van der Waals surface area contributed by atoms with Crippen LogP contribution in [0.2, 0.25) is 5.02 Å². The summed E-state index contributed by atoms with van der Waals surface area (Å²) in [6.45, 7) is 0. The molecule has 1 aliphatic carbocycles. The van der Waals surface area contributed by atoms with Crippen molar-refractivity contribution in [2.45, 2.75) is 18.9 Å². The molecule has 3 aromatic carbocycles. The van der Waals surface area contributed by atoms with E-state index < -0.39 is 11.0 Å². The zero-order valence-corrected chi connectivity index (χ0v) is 20.2. The molecule has 4 aromatic rings. The lowest BCUT2D eigenvalue weighted by atomic mass is 9.83. The molecule has 1 aromatic heterocycles. The van der Waals surface area contributed by atoms with Gasteiger partial charge in [-0.2, -0.15) is 0 Å². The zero-order valence-electron chi connectivity index (χ0n) is 18.7. The van der Waals surface area contributed by atoms with Crippen molar-refractivity contribution in [1.82, 2.24) is 4.57 Å². The van der Waals surface area contributed by atoms with E-state index in [1.54, 1.807) is 22.8 Å². The molecule has 1 atom stereocenters. The summed E-state index contributed by atoms with van der Waals surface area (Å²) in [5.74, 6) is -0.352. The maximum Gasteiger partial charge on any atom is 0.271 e. The molecule has 0 saturated carbocycles. The van der Waals surface area contributed by atoms with E-state index in [2.05, 4.69) is 6.07 Å². The number of nitro benzene ring substituents is 1. The van der Waals surface area contributed by atoms with Gasteiger partial charge in [0.1, 0.15) is 5.82 Å². The van der Waals surface area contributed by atoms with E-state index in [1.165, 1.54) is 47.2 Å². The highest BCUT2D eigenvalue weighted by Crippen LogP contribution is 2.41. The van der Waals surface area contributed by atoms with Crippen LogP contribution in [0.5, 0.6) is 0 Å². The summed E-state index contributed by atoms with van der Waals surface area (Å²) >= 11 is 7.50. The van der Waals surface area contributed by atoms with E-state index >= 15 is 0 Å². The highest BCUT2D eigenvalue weighted by Gasteiger charge is 2.32. The smallest absolute Gasteiger partial charge is 0.271 e. The van der Waals surface area contributed by atoms with Crippen LogP contribution in [0.3, 0.4) is 0 Å². The number of hydrogen-bond acceptors (Lipinski definition) is 5. The molecular weight excluding hydrogens is 501 g/mol. The number of aromatic nitrogens is 1. The summed E-state index contributed by atoms with van der Waals surface area (Å²) in [6, 6.07) is 18.0. The van der Waals surface area contributed by atoms with Gasteiger partial charge >= 0.3 is 0 Å². The van der Waals surface area contributed by atoms with Gasteiger partial charge in [-0.05, 0) is 53.8 Å². The molecule has 9 heteroatoms. The first-order valence-electron chi connectivity index (χ1n) is 11.2. The van der Waals surface area contributed by atoms with E-state index in [4.69, 9.17) is 16.6 Å². The number of halogens is 2. The van der Waals surface area contributed by atoms with E-state index in [-0.39, 0.29) is 17.1 Å². The summed E-state index contributed by atoms with van der Waals surface area (Å²) in [7, 11) is 0. The molecular formula is C27H17ClFN3O3S. The largest absolute Gasteiger partial charge is 0.272 e. The number of aryl methyl sites for hydroxylation is 1. The zero-order chi connectivity index (χ0) is 25.0. The minimum Gasteiger partial charge on any atom is -0.272 e. The maximum absolute atomic E-state index is 13.8. The quantitative estimate of drug-likeness (QED) is 0.283. The van der Waals surface area contributed by atoms with Gasteiger partial charge in [-0.25, -0.2) is 9.38 Å². The molecule has 36 heavy (non-hydrogen) atoms. The molecule has 0 fully saturated rings. The van der Waals surface area contributed by atoms with Gasteiger partial charge < -0.3 is 0 Å². The summed E-state index contributed by atoms with van der Waals surface area (Å²) in [4.78, 5) is 29.9. The lowest BCUT2D eigenvalue weighted by Gasteiger charge is -2.30. The van der Waals surface area contributed by atoms with Crippen LogP contribution < -0.4 is 14.9 Å². The van der Waals surface area contributed by atoms with Crippen LogP contribution >= 0.6 is 22.9 Å². The van der Waals surface area contributed by atoms with E-state index in [9.17, 15) is 19.3 Å². The second kappa shape index (κ2) is 8.65. The van der Waals surface area contributed by atoms with Crippen LogP contribution in [-0.2, 0) is 6.42 Å². The fourth-order valence-corrected chi connectivity index (χ4v) is 6.03. The Hall–Kier alpha value is -3.88. The number of hydrogen-bond donors (Lipinski definition) is 0. The third-order valence-corrected chi connectivity index (χ3v) is 7.86. The molecule has 2 heterocycles. The predicted octanol–water partition coefficient (Wildman–Crippen LogP) is 5.02. The van der Waals surface area contributed by atoms with Crippen LogP contribution in [0, 0.1) is 15.9 Å². The molecule has 0 N–H and O–H groups in total. The number of thiazole rings is 1. The standard InChI is InChI=1S/C27H17ClFN3O3S/c28-22-12-10-19(32(34)35)13-17(22)14-23-26(33)31-25(16-5-8-18(29)9-6-16)21-11-7-15-3-1-2-4-20(15)24(21)30-27(31)36-23/h1-6,8-10,12-14,25H,7,11H2. The first kappa shape index (κ1) is 22.6. The van der Waals surface area contributed by atoms with Gasteiger partial charge in [0.05, 0.1) is 21.2 Å². The average Bonchev–Trinajstić information content (AvgIpc) is 3.19. The molecule has 6 rings (SSSR count). The summed E-state index contributed by atoms with van der Waals surface area (Å²) in [6.07, 6.45) is 3.10. The maximum atomic E-state index is 13.8. The first-order chi connectivity index (χ1) is 17.4. The average molecular weight is 518 g/mol. The third kappa shape index (κ3) is 3.70. The lowest BCUT2D eigenvalue weighted by Crippen LogP contribution is -2.38. The number of fused-ring (bicyclic) bond motifs is 3. The topological polar surface area (TPSA) is 77.5 Å². The van der Waals surface area contributed by atoms with Crippen molar-refractivity contribution in [2.75, 3.05) is 0 Å². The number of nitrogens with zero attached hydrogens (tertiary/aromatic N) is 3. The molecule has 0 radical (unpaired) electrons. The van der Waals surface area contributed by atoms with Crippen molar-refractivity contribution >= 4 is 40.4 Å². The molecule has 1 unspecified atom stereocenters. The minimum atomic E-state index is -0.505. The van der Waals surface area contributed by atoms with Crippen molar-refractivity contribution in [1.29, 1.82) is 0 Å². The normalized spacial score (nSPS) is 16.7. The Balaban J connectivity index is 1.61. The van der Waals surface area contributed by atoms with Gasteiger partial charge in [0.15, 0.2) is 4.80 Å². The predicted molar refractivity (Wildman–Crippen MR) is 137 cm³/mol. The van der Waals surface area contributed by atoms with E-state index in [1.807, 2.05) is 18.2 Å². The van der Waals surface area contributed by atoms with Crippen LogP contribution in [0.1, 0.15) is 34.7 Å². The molecule has 0 bridgehead atoms. The fourth-order valence-electron chi connectivity index (χ4n) is 4.86. The number of benzene rings is 3. The monoisotopic (exact) mass is 517 g/mol. The minimum absolute atomic E-state index is 0.116. The molecule has 6 nitrogen and oxygen atoms in total. The molecule has 2 aliphatic rings. The number of allylic oxidation sites excluding steroid dienone is 1. The summed E-state index contributed by atoms with van der Waals surface area (Å²) in [5, 5.41) is 11.6. The van der Waals surface area contributed by atoms with Crippen molar-refractivity contribution in [3.8, 4) is 0 Å². The van der Waals surface area contributed by atoms with Crippen LogP contribution in [0.25, 0.3) is 11.8 Å². The number of nitro groups is 1. The number of rotatable bonds is 3. The SMILES string of the molecule is O=c1c(=Cc2cc([N+](=O)[O-])ccc2Cl)sc2n1C(c1ccc(F)cc1)C1=C(N=2)c2ccccc2CC1. The Morgan fingerprint density at radius 1 is 1.11 bits per heavy atom. The second-order valence-corrected chi connectivity index (χ2v) is 10.0. The number of non-ortho nitro benzene ring substituents is 1. The molecule has 0 spiro atoms. The van der Waals surface area contributed by atoms with Crippen molar-refractivity contribution in [3.63, 3.8) is 0 Å². The van der Waals surface area contributed by atoms with Gasteiger partial charge in [-0.15, -0.1) is 0 Å². The van der Waals surface area contributed by atoms with Crippen LogP contribution in [0.15, 0.2) is 82.1 Å². The van der Waals surface area contributed by atoms with Gasteiger partial charge in [-0.3, -0.25) is 19.5 Å². The lowest BCUT2D eigenvalue weighted by molar-refractivity contribution is -0.384. The molecule has 178 valence electrons. The Morgan fingerprint density at radius 3 is 2.67 bits per heavy atom. The molecule has 0 amide bonds. The molecule has 1 aliphatic heterocycles. The summed E-state index contributed by atoms with van der Waals surface area (Å²) in [5.41, 5.74) is 4.85. The third-order valence-electron chi connectivity index (χ3n) is 6.54. The Bertz CT molecular complexity index is 1770. The van der Waals surface area contributed by atoms with Gasteiger partial charge in [-0.1, -0.05) is 59.3 Å². The Morgan fingerprint density at radius 2 is 1.89 bits per heavy atom. The van der Waals surface area contributed by atoms with Crippen molar-refractivity contribution in [2.24, 2.45) is 4.99 Å². The van der Waals surface area contributed by atoms with Gasteiger partial charge in [0.2, 0.25) is 0 Å².